The van der Waals surface area contributed by atoms with Gasteiger partial charge < -0.3 is 9.87 Å². The predicted octanol–water partition coefficient (Wildman–Crippen LogP) is 3.31. The van der Waals surface area contributed by atoms with Crippen LogP contribution in [-0.4, -0.2) is 28.4 Å². The first kappa shape index (κ1) is 22.2. The molecule has 0 spiro atoms. The zero-order valence-corrected chi connectivity index (χ0v) is 18.0. The zero-order valence-electron chi connectivity index (χ0n) is 15.5. The van der Waals surface area contributed by atoms with E-state index in [-0.39, 0.29) is 0 Å². The normalized spacial score (nSPS) is 12.0. The monoisotopic (exact) mass is 438 g/mol. The van der Waals surface area contributed by atoms with Gasteiger partial charge in [-0.15, -0.1) is 11.3 Å². The van der Waals surface area contributed by atoms with E-state index >= 15 is 0 Å². The Kier molecular flexibility index (Phi) is 7.44. The highest BCUT2D eigenvalue weighted by atomic mass is 32.2. The SMILES string of the molecule is Cc1ccc(-c2csc(Nc3ccc(S(C)(=O)=O)cc3)n2)cc1C.NS(=O)[O-]. The Morgan fingerprint density at radius 2 is 1.71 bits per heavy atom. The van der Waals surface area contributed by atoms with Crippen LogP contribution in [0.2, 0.25) is 0 Å². The number of sulfone groups is 1. The summed E-state index contributed by atoms with van der Waals surface area (Å²) in [6.45, 7) is 4.18. The maximum Gasteiger partial charge on any atom is 0.187 e. The van der Waals surface area contributed by atoms with Crippen molar-refractivity contribution in [2.75, 3.05) is 11.6 Å². The van der Waals surface area contributed by atoms with Gasteiger partial charge in [0.25, 0.3) is 0 Å². The Morgan fingerprint density at radius 1 is 1.11 bits per heavy atom. The molecule has 0 aliphatic rings. The molecule has 1 atom stereocenters. The lowest BCUT2D eigenvalue weighted by atomic mass is 10.1. The van der Waals surface area contributed by atoms with Crippen molar-refractivity contribution in [1.82, 2.24) is 4.98 Å². The Balaban J connectivity index is 0.000000640. The van der Waals surface area contributed by atoms with E-state index in [0.29, 0.717) is 4.90 Å². The molecule has 0 aliphatic heterocycles. The number of aromatic nitrogens is 1. The van der Waals surface area contributed by atoms with Gasteiger partial charge >= 0.3 is 0 Å². The van der Waals surface area contributed by atoms with Crippen molar-refractivity contribution in [2.45, 2.75) is 18.7 Å². The average molecular weight is 439 g/mol. The molecule has 0 saturated carbocycles. The fraction of sp³-hybridized carbons (Fsp3) is 0.167. The molecule has 3 aromatic rings. The van der Waals surface area contributed by atoms with Crippen LogP contribution >= 0.6 is 11.3 Å². The van der Waals surface area contributed by atoms with Crippen molar-refractivity contribution in [3.05, 3.63) is 59.0 Å². The maximum absolute atomic E-state index is 11.5. The smallest absolute Gasteiger partial charge is 0.187 e. The van der Waals surface area contributed by atoms with Gasteiger partial charge in [-0.2, -0.15) is 0 Å². The molecule has 0 aliphatic carbocycles. The Labute approximate surface area is 171 Å². The van der Waals surface area contributed by atoms with Crippen LogP contribution in [0.1, 0.15) is 11.1 Å². The molecule has 0 fully saturated rings. The van der Waals surface area contributed by atoms with E-state index in [1.54, 1.807) is 24.3 Å². The molecule has 2 aromatic carbocycles. The van der Waals surface area contributed by atoms with Gasteiger partial charge in [0.15, 0.2) is 15.0 Å². The van der Waals surface area contributed by atoms with E-state index in [9.17, 15) is 8.42 Å². The van der Waals surface area contributed by atoms with Gasteiger partial charge in [-0.05, 0) is 55.3 Å². The third-order valence-corrected chi connectivity index (χ3v) is 5.73. The summed E-state index contributed by atoms with van der Waals surface area (Å²) in [6, 6.07) is 13.0. The fourth-order valence-electron chi connectivity index (χ4n) is 2.27. The largest absolute Gasteiger partial charge is 0.760 e. The lowest BCUT2D eigenvalue weighted by Gasteiger charge is -2.04. The summed E-state index contributed by atoms with van der Waals surface area (Å²) < 4.78 is 40.5. The first-order valence-electron chi connectivity index (χ1n) is 8.00. The Bertz CT molecular complexity index is 1070. The standard InChI is InChI=1S/C18H18N2O2S2.H3NO2S/c1-12-4-5-14(10-13(12)2)17-11-23-18(20-17)19-15-6-8-16(9-7-15)24(3,21)22;1-4(2)3/h4-11H,1-3H3,(H,19,20);1H2,(H,2,3)/p-1. The summed E-state index contributed by atoms with van der Waals surface area (Å²) in [6.07, 6.45) is 1.20. The summed E-state index contributed by atoms with van der Waals surface area (Å²) >= 11 is -0.843. The van der Waals surface area contributed by atoms with Crippen LogP contribution < -0.4 is 10.5 Å². The summed E-state index contributed by atoms with van der Waals surface area (Å²) in [4.78, 5) is 4.92. The van der Waals surface area contributed by atoms with E-state index in [1.807, 2.05) is 5.38 Å². The summed E-state index contributed by atoms with van der Waals surface area (Å²) in [5.41, 5.74) is 5.33. The number of aryl methyl sites for hydroxylation is 2. The van der Waals surface area contributed by atoms with Crippen molar-refractivity contribution < 1.29 is 17.2 Å². The molecule has 0 bridgehead atoms. The molecular weight excluding hydrogens is 418 g/mol. The molecule has 1 unspecified atom stereocenters. The number of rotatable bonds is 4. The lowest BCUT2D eigenvalue weighted by molar-refractivity contribution is 0.538. The second-order valence-electron chi connectivity index (χ2n) is 6.02. The third-order valence-electron chi connectivity index (χ3n) is 3.84. The number of hydrogen-bond donors (Lipinski definition) is 2. The first-order chi connectivity index (χ1) is 13.1. The van der Waals surface area contributed by atoms with E-state index < -0.39 is 21.1 Å². The Hall–Kier alpha value is -2.11. The number of nitrogens with zero attached hydrogens (tertiary/aromatic N) is 1. The second-order valence-corrected chi connectivity index (χ2v) is 9.41. The molecule has 150 valence electrons. The highest BCUT2D eigenvalue weighted by Gasteiger charge is 2.08. The van der Waals surface area contributed by atoms with E-state index in [4.69, 9.17) is 8.76 Å². The van der Waals surface area contributed by atoms with Gasteiger partial charge in [0.2, 0.25) is 0 Å². The highest BCUT2D eigenvalue weighted by Crippen LogP contribution is 2.28. The number of thiazole rings is 1. The topological polar surface area (TPSA) is 125 Å². The van der Waals surface area contributed by atoms with Gasteiger partial charge in [0.05, 0.1) is 10.6 Å². The van der Waals surface area contributed by atoms with Crippen LogP contribution in [0, 0.1) is 13.8 Å². The first-order valence-corrected chi connectivity index (χ1v) is 11.9. The molecule has 1 aromatic heterocycles. The van der Waals surface area contributed by atoms with E-state index in [2.05, 4.69) is 47.5 Å². The van der Waals surface area contributed by atoms with Gasteiger partial charge in [-0.3, -0.25) is 9.35 Å². The third kappa shape index (κ3) is 6.50. The Morgan fingerprint density at radius 3 is 2.25 bits per heavy atom. The maximum atomic E-state index is 11.5. The quantitative estimate of drug-likeness (QED) is 0.602. The molecule has 7 nitrogen and oxygen atoms in total. The van der Waals surface area contributed by atoms with Crippen LogP contribution in [0.3, 0.4) is 0 Å². The number of nitrogens with one attached hydrogen (secondary N) is 1. The van der Waals surface area contributed by atoms with Gasteiger partial charge in [0.1, 0.15) is 0 Å². The molecule has 0 radical (unpaired) electrons. The zero-order chi connectivity index (χ0) is 20.9. The summed E-state index contributed by atoms with van der Waals surface area (Å²) in [5, 5.41) is 10.0. The van der Waals surface area contributed by atoms with Gasteiger partial charge in [-0.1, -0.05) is 12.1 Å². The average Bonchev–Trinajstić information content (AvgIpc) is 3.05. The van der Waals surface area contributed by atoms with Crippen molar-refractivity contribution in [3.8, 4) is 11.3 Å². The summed E-state index contributed by atoms with van der Waals surface area (Å²) in [7, 11) is -3.17. The van der Waals surface area contributed by atoms with Gasteiger partial charge in [-0.25, -0.2) is 13.4 Å². The molecule has 0 saturated heterocycles. The molecule has 28 heavy (non-hydrogen) atoms. The molecule has 3 rings (SSSR count). The van der Waals surface area contributed by atoms with E-state index in [1.165, 1.54) is 28.7 Å². The van der Waals surface area contributed by atoms with Crippen molar-refractivity contribution in [3.63, 3.8) is 0 Å². The van der Waals surface area contributed by atoms with Crippen LogP contribution in [-0.2, 0) is 21.1 Å². The van der Waals surface area contributed by atoms with Crippen molar-refractivity contribution in [2.24, 2.45) is 5.14 Å². The number of nitrogens with two attached hydrogens (primary N) is 1. The van der Waals surface area contributed by atoms with Crippen LogP contribution in [0.25, 0.3) is 11.3 Å². The molecule has 10 heteroatoms. The summed E-state index contributed by atoms with van der Waals surface area (Å²) in [5.74, 6) is 0. The van der Waals surface area contributed by atoms with Crippen LogP contribution in [0.5, 0.6) is 0 Å². The fourth-order valence-corrected chi connectivity index (χ4v) is 3.64. The molecule has 1 heterocycles. The predicted molar refractivity (Wildman–Crippen MR) is 113 cm³/mol. The number of anilines is 2. The second kappa shape index (κ2) is 9.39. The minimum Gasteiger partial charge on any atom is -0.760 e. The van der Waals surface area contributed by atoms with Crippen molar-refractivity contribution >= 4 is 43.3 Å². The number of benzene rings is 2. The van der Waals surface area contributed by atoms with E-state index in [0.717, 1.165) is 22.1 Å². The molecule has 3 N–H and O–H groups in total. The highest BCUT2D eigenvalue weighted by molar-refractivity contribution is 7.90. The minimum absolute atomic E-state index is 0.308. The molecular formula is C18H20N3O4S3-. The van der Waals surface area contributed by atoms with Crippen LogP contribution in [0.4, 0.5) is 10.8 Å². The van der Waals surface area contributed by atoms with Crippen molar-refractivity contribution in [1.29, 1.82) is 0 Å². The van der Waals surface area contributed by atoms with Gasteiger partial charge in [0, 0.05) is 34.2 Å². The van der Waals surface area contributed by atoms with Crippen LogP contribution in [0.15, 0.2) is 52.7 Å². The minimum atomic E-state index is -3.17. The lowest BCUT2D eigenvalue weighted by Crippen LogP contribution is -1.97. The molecule has 0 amide bonds. The number of hydrogen-bond acceptors (Lipinski definition) is 7.